The number of hydrogen-bond donors (Lipinski definition) is 1. The van der Waals surface area contributed by atoms with Crippen molar-refractivity contribution in [3.63, 3.8) is 0 Å². The van der Waals surface area contributed by atoms with Crippen LogP contribution in [0.15, 0.2) is 113 Å². The van der Waals surface area contributed by atoms with Crippen molar-refractivity contribution in [1.82, 2.24) is 10.4 Å². The molecule has 0 saturated heterocycles. The highest BCUT2D eigenvalue weighted by Crippen LogP contribution is 2.33. The number of pyridine rings is 1. The zero-order valence-electron chi connectivity index (χ0n) is 19.6. The second kappa shape index (κ2) is 11.4. The Morgan fingerprint density at radius 1 is 0.919 bits per heavy atom. The maximum absolute atomic E-state index is 12.1. The quantitative estimate of drug-likeness (QED) is 0.163. The van der Waals surface area contributed by atoms with Crippen LogP contribution in [0.25, 0.3) is 33.3 Å². The minimum absolute atomic E-state index is 0.149. The first-order chi connectivity index (χ1) is 18.0. The van der Waals surface area contributed by atoms with Gasteiger partial charge in [-0.1, -0.05) is 70.0 Å². The summed E-state index contributed by atoms with van der Waals surface area (Å²) in [5, 5.41) is 5.63. The second-order valence-corrected chi connectivity index (χ2v) is 9.59. The van der Waals surface area contributed by atoms with Gasteiger partial charge in [-0.2, -0.15) is 5.10 Å². The predicted molar refractivity (Wildman–Crippen MR) is 153 cm³/mol. The molecule has 0 aliphatic carbocycles. The molecule has 1 N–H and O–H groups in total. The number of carbonyl (C=O) groups excluding carboxylic acids is 1. The highest BCUT2D eigenvalue weighted by molar-refractivity contribution is 9.10. The van der Waals surface area contributed by atoms with Gasteiger partial charge in [0.1, 0.15) is 5.75 Å². The molecule has 1 aromatic heterocycles. The van der Waals surface area contributed by atoms with Crippen molar-refractivity contribution in [2.45, 2.75) is 0 Å². The van der Waals surface area contributed by atoms with Crippen molar-refractivity contribution in [3.05, 3.63) is 118 Å². The molecule has 5 nitrogen and oxygen atoms in total. The van der Waals surface area contributed by atoms with Gasteiger partial charge < -0.3 is 4.74 Å². The minimum Gasteiger partial charge on any atom is -0.484 e. The molecule has 0 saturated carbocycles. The lowest BCUT2D eigenvalue weighted by atomic mass is 9.98. The molecular formula is C30H21BrClN3O2. The number of amides is 1. The molecule has 1 amide bonds. The van der Waals surface area contributed by atoms with E-state index in [-0.39, 0.29) is 12.5 Å². The fraction of sp³-hybridized carbons (Fsp3) is 0.0333. The zero-order valence-corrected chi connectivity index (χ0v) is 21.9. The molecule has 0 bridgehead atoms. The van der Waals surface area contributed by atoms with Crippen LogP contribution in [0.3, 0.4) is 0 Å². The van der Waals surface area contributed by atoms with Gasteiger partial charge in [-0.25, -0.2) is 10.4 Å². The normalized spacial score (nSPS) is 11.1. The summed E-state index contributed by atoms with van der Waals surface area (Å²) in [5.74, 6) is 0.228. The van der Waals surface area contributed by atoms with Gasteiger partial charge >= 0.3 is 0 Å². The number of fused-ring (bicyclic) bond motifs is 1. The van der Waals surface area contributed by atoms with Gasteiger partial charge in [0.05, 0.1) is 17.4 Å². The average molecular weight is 571 g/mol. The van der Waals surface area contributed by atoms with Gasteiger partial charge in [-0.05, 0) is 77.4 Å². The minimum atomic E-state index is -0.347. The van der Waals surface area contributed by atoms with Crippen molar-refractivity contribution < 1.29 is 9.53 Å². The Hall–Kier alpha value is -4.00. The predicted octanol–water partition coefficient (Wildman–Crippen LogP) is 7.51. The standard InChI is InChI=1S/C30H21BrClN3O2/c31-23-10-6-20(7-11-23)18-33-35-30(36)19-37-25-13-8-22(9-14-25)29-17-26(21-4-2-1-3-5-21)27-16-24(32)12-15-28(27)34-29/h1-18H,19H2,(H,35,36)/b33-18-. The molecule has 0 aliphatic heterocycles. The van der Waals surface area contributed by atoms with E-state index >= 15 is 0 Å². The number of rotatable bonds is 7. The molecular weight excluding hydrogens is 550 g/mol. The molecule has 0 atom stereocenters. The van der Waals surface area contributed by atoms with E-state index in [9.17, 15) is 4.79 Å². The number of ether oxygens (including phenoxy) is 1. The molecule has 5 rings (SSSR count). The van der Waals surface area contributed by atoms with Crippen LogP contribution in [0.2, 0.25) is 5.02 Å². The van der Waals surface area contributed by atoms with E-state index in [4.69, 9.17) is 21.3 Å². The molecule has 182 valence electrons. The van der Waals surface area contributed by atoms with Gasteiger partial charge in [0.25, 0.3) is 5.91 Å². The molecule has 37 heavy (non-hydrogen) atoms. The van der Waals surface area contributed by atoms with Gasteiger partial charge in [0.2, 0.25) is 0 Å². The van der Waals surface area contributed by atoms with Crippen LogP contribution in [-0.4, -0.2) is 23.7 Å². The van der Waals surface area contributed by atoms with Crippen molar-refractivity contribution in [1.29, 1.82) is 0 Å². The number of halogens is 2. The van der Waals surface area contributed by atoms with Crippen molar-refractivity contribution in [3.8, 4) is 28.1 Å². The van der Waals surface area contributed by atoms with Crippen LogP contribution in [0.5, 0.6) is 5.75 Å². The Labute approximate surface area is 227 Å². The van der Waals surface area contributed by atoms with Gasteiger partial charge in [0.15, 0.2) is 6.61 Å². The van der Waals surface area contributed by atoms with Crippen molar-refractivity contribution in [2.24, 2.45) is 5.10 Å². The maximum atomic E-state index is 12.1. The Morgan fingerprint density at radius 3 is 2.43 bits per heavy atom. The molecule has 0 aliphatic rings. The van der Waals surface area contributed by atoms with Crippen LogP contribution >= 0.6 is 27.5 Å². The van der Waals surface area contributed by atoms with E-state index in [2.05, 4.69) is 44.7 Å². The smallest absolute Gasteiger partial charge is 0.277 e. The summed E-state index contributed by atoms with van der Waals surface area (Å²) in [6.07, 6.45) is 1.58. The molecule has 0 fully saturated rings. The topological polar surface area (TPSA) is 63.6 Å². The van der Waals surface area contributed by atoms with E-state index in [1.54, 1.807) is 6.21 Å². The first-order valence-electron chi connectivity index (χ1n) is 11.5. The van der Waals surface area contributed by atoms with Crippen LogP contribution in [0.4, 0.5) is 0 Å². The molecule has 0 unspecified atom stereocenters. The van der Waals surface area contributed by atoms with Crippen molar-refractivity contribution in [2.75, 3.05) is 6.61 Å². The number of aromatic nitrogens is 1. The lowest BCUT2D eigenvalue weighted by molar-refractivity contribution is -0.123. The monoisotopic (exact) mass is 569 g/mol. The van der Waals surface area contributed by atoms with E-state index in [0.717, 1.165) is 43.3 Å². The largest absolute Gasteiger partial charge is 0.484 e. The molecule has 0 spiro atoms. The zero-order chi connectivity index (χ0) is 25.6. The number of hydrogen-bond acceptors (Lipinski definition) is 4. The van der Waals surface area contributed by atoms with E-state index in [1.807, 2.05) is 84.9 Å². The van der Waals surface area contributed by atoms with Crippen LogP contribution < -0.4 is 10.2 Å². The highest BCUT2D eigenvalue weighted by Gasteiger charge is 2.11. The van der Waals surface area contributed by atoms with E-state index < -0.39 is 0 Å². The van der Waals surface area contributed by atoms with E-state index in [1.165, 1.54) is 0 Å². The first-order valence-corrected chi connectivity index (χ1v) is 12.7. The van der Waals surface area contributed by atoms with Gasteiger partial charge in [-0.3, -0.25) is 4.79 Å². The van der Waals surface area contributed by atoms with Crippen molar-refractivity contribution >= 4 is 50.6 Å². The summed E-state index contributed by atoms with van der Waals surface area (Å²) >= 11 is 9.67. The Kier molecular flexibility index (Phi) is 7.59. The van der Waals surface area contributed by atoms with Crippen LogP contribution in [-0.2, 0) is 4.79 Å². The summed E-state index contributed by atoms with van der Waals surface area (Å²) < 4.78 is 6.60. The van der Waals surface area contributed by atoms with Gasteiger partial charge in [0, 0.05) is 20.4 Å². The van der Waals surface area contributed by atoms with Crippen LogP contribution in [0.1, 0.15) is 5.56 Å². The third-order valence-electron chi connectivity index (χ3n) is 5.65. The summed E-state index contributed by atoms with van der Waals surface area (Å²) in [6.45, 7) is -0.149. The summed E-state index contributed by atoms with van der Waals surface area (Å²) in [6, 6.07) is 33.1. The number of nitrogens with one attached hydrogen (secondary N) is 1. The van der Waals surface area contributed by atoms with Crippen LogP contribution in [0, 0.1) is 0 Å². The van der Waals surface area contributed by atoms with E-state index in [0.29, 0.717) is 10.8 Å². The number of hydrazone groups is 1. The molecule has 0 radical (unpaired) electrons. The number of benzene rings is 4. The first kappa shape index (κ1) is 24.7. The SMILES string of the molecule is O=C(COc1ccc(-c2cc(-c3ccccc3)c3cc(Cl)ccc3n2)cc1)N/N=C\c1ccc(Br)cc1. The fourth-order valence-electron chi connectivity index (χ4n) is 3.83. The second-order valence-electron chi connectivity index (χ2n) is 8.24. The Balaban J connectivity index is 1.28. The molecule has 5 aromatic rings. The molecule has 4 aromatic carbocycles. The van der Waals surface area contributed by atoms with Gasteiger partial charge in [-0.15, -0.1) is 0 Å². The number of carbonyl (C=O) groups is 1. The lowest BCUT2D eigenvalue weighted by Crippen LogP contribution is -2.24. The summed E-state index contributed by atoms with van der Waals surface area (Å²) in [7, 11) is 0. The average Bonchev–Trinajstić information content (AvgIpc) is 2.93. The Bertz CT molecular complexity index is 1570. The maximum Gasteiger partial charge on any atom is 0.277 e. The summed E-state index contributed by atoms with van der Waals surface area (Å²) in [4.78, 5) is 17.0. The number of nitrogens with zero attached hydrogens (tertiary/aromatic N) is 2. The molecule has 7 heteroatoms. The molecule has 1 heterocycles. The Morgan fingerprint density at radius 2 is 1.68 bits per heavy atom. The lowest BCUT2D eigenvalue weighted by Gasteiger charge is -2.11. The third-order valence-corrected chi connectivity index (χ3v) is 6.41. The summed E-state index contributed by atoms with van der Waals surface area (Å²) in [5.41, 5.74) is 8.13. The highest BCUT2D eigenvalue weighted by atomic mass is 79.9. The third kappa shape index (κ3) is 6.23. The fourth-order valence-corrected chi connectivity index (χ4v) is 4.27.